The van der Waals surface area contributed by atoms with Gasteiger partial charge in [0.2, 0.25) is 0 Å². The van der Waals surface area contributed by atoms with E-state index >= 15 is 0 Å². The molecule has 2 atom stereocenters. The van der Waals surface area contributed by atoms with Crippen LogP contribution in [0.5, 0.6) is 0 Å². The number of fused-ring (bicyclic) bond motifs is 2. The second-order valence-electron chi connectivity index (χ2n) is 9.68. The minimum atomic E-state index is -2.92. The number of benzene rings is 1. The van der Waals surface area contributed by atoms with E-state index in [-0.39, 0.29) is 12.3 Å². The molecule has 7 nitrogen and oxygen atoms in total. The molecule has 1 spiro atoms. The van der Waals surface area contributed by atoms with Crippen LogP contribution in [0.1, 0.15) is 29.7 Å². The molecule has 0 bridgehead atoms. The average Bonchev–Trinajstić information content (AvgIpc) is 3.45. The van der Waals surface area contributed by atoms with Crippen molar-refractivity contribution >= 4 is 29.5 Å². The summed E-state index contributed by atoms with van der Waals surface area (Å²) in [4.78, 5) is 13.7. The van der Waals surface area contributed by atoms with Crippen molar-refractivity contribution in [3.8, 4) is 5.69 Å². The van der Waals surface area contributed by atoms with E-state index in [4.69, 9.17) is 21.1 Å². The topological polar surface area (TPSA) is 68.6 Å². The summed E-state index contributed by atoms with van der Waals surface area (Å²) in [7, 11) is 1.45. The van der Waals surface area contributed by atoms with Crippen LogP contribution in [-0.4, -0.2) is 64.3 Å². The van der Waals surface area contributed by atoms with Crippen LogP contribution in [-0.2, 0) is 22.6 Å². The molecule has 2 aromatic rings. The third kappa shape index (κ3) is 5.10. The molecular weight excluding hydrogens is 529 g/mol. The van der Waals surface area contributed by atoms with E-state index in [1.165, 1.54) is 35.6 Å². The number of likely N-dealkylation sites (tertiary alicyclic amines) is 1. The molecule has 5 rings (SSSR count). The minimum absolute atomic E-state index is 0.104. The van der Waals surface area contributed by atoms with Crippen LogP contribution in [0.3, 0.4) is 0 Å². The van der Waals surface area contributed by atoms with E-state index in [9.17, 15) is 18.0 Å². The van der Waals surface area contributed by atoms with E-state index in [1.807, 2.05) is 6.92 Å². The Morgan fingerprint density at radius 1 is 1.32 bits per heavy atom. The number of nitrogens with zero attached hydrogens (tertiary/aromatic N) is 3. The molecule has 200 valence electrons. The normalized spacial score (nSPS) is 24.5. The van der Waals surface area contributed by atoms with Gasteiger partial charge in [-0.2, -0.15) is 5.10 Å². The predicted octanol–water partition coefficient (Wildman–Crippen LogP) is 4.99. The van der Waals surface area contributed by atoms with Crippen LogP contribution in [0.4, 0.5) is 18.0 Å². The number of amides is 1. The first-order valence-electron chi connectivity index (χ1n) is 12.1. The summed E-state index contributed by atoms with van der Waals surface area (Å²) in [5.41, 5.74) is 1.75. The number of aryl methyl sites for hydroxylation is 1. The number of hydrogen-bond acceptors (Lipinski definition) is 6. The number of hydrogen-bond donors (Lipinski definition) is 1. The summed E-state index contributed by atoms with van der Waals surface area (Å²) in [6.07, 6.45) is 3.91. The molecule has 2 saturated heterocycles. The molecule has 0 radical (unpaired) electrons. The van der Waals surface area contributed by atoms with Gasteiger partial charge in [-0.3, -0.25) is 4.90 Å². The van der Waals surface area contributed by atoms with Crippen molar-refractivity contribution < 1.29 is 27.4 Å². The standard InChI is InChI=1S/C25H28ClF3N4O3S/c1-15-17(12-33(31-15)21-16(4-3-5-19(21)27)13-35-23(34)30-2)11-32-8-6-24(7-9-32)22-18(10-20(26)37-22)25(28,29)14-36-24/h3-5,10,12,18,22H,6-9,11,13-14H2,1-2H3,(H,30,34). The van der Waals surface area contributed by atoms with Crippen molar-refractivity contribution in [1.29, 1.82) is 0 Å². The highest BCUT2D eigenvalue weighted by molar-refractivity contribution is 8.05. The number of rotatable bonds is 5. The molecule has 2 fully saturated rings. The number of alkyl carbamates (subject to hydrolysis) is 1. The summed E-state index contributed by atoms with van der Waals surface area (Å²) >= 11 is 7.44. The van der Waals surface area contributed by atoms with Gasteiger partial charge in [0.1, 0.15) is 24.7 Å². The summed E-state index contributed by atoms with van der Waals surface area (Å²) in [5.74, 6) is -4.30. The first kappa shape index (κ1) is 26.4. The molecule has 2 unspecified atom stereocenters. The summed E-state index contributed by atoms with van der Waals surface area (Å²) in [6.45, 7) is 3.09. The van der Waals surface area contributed by atoms with Crippen LogP contribution < -0.4 is 5.32 Å². The van der Waals surface area contributed by atoms with Gasteiger partial charge in [-0.25, -0.2) is 22.6 Å². The SMILES string of the molecule is CNC(=O)OCc1cccc(F)c1-n1cc(CN2CCC3(CC2)OCC(F)(F)C2C=C(Cl)SC23)c(C)n1. The maximum Gasteiger partial charge on any atom is 0.407 e. The van der Waals surface area contributed by atoms with Gasteiger partial charge >= 0.3 is 6.09 Å². The molecule has 3 aliphatic rings. The number of aromatic nitrogens is 2. The number of carbonyl (C=O) groups is 1. The van der Waals surface area contributed by atoms with E-state index in [0.717, 1.165) is 11.3 Å². The van der Waals surface area contributed by atoms with Gasteiger partial charge in [-0.05, 0) is 31.9 Å². The smallest absolute Gasteiger partial charge is 0.407 e. The Balaban J connectivity index is 1.28. The second kappa shape index (κ2) is 10.2. The highest BCUT2D eigenvalue weighted by Gasteiger charge is 2.60. The number of nitrogens with one attached hydrogen (secondary N) is 1. The Hall–Kier alpha value is -2.21. The Morgan fingerprint density at radius 3 is 2.81 bits per heavy atom. The van der Waals surface area contributed by atoms with Gasteiger partial charge in [-0.15, -0.1) is 11.8 Å². The molecule has 1 aromatic carbocycles. The van der Waals surface area contributed by atoms with Crippen molar-refractivity contribution in [2.45, 2.75) is 49.7 Å². The first-order valence-corrected chi connectivity index (χ1v) is 13.3. The summed E-state index contributed by atoms with van der Waals surface area (Å²) in [5, 5.41) is 6.50. The number of thioether (sulfide) groups is 1. The fraction of sp³-hybridized carbons (Fsp3) is 0.520. The number of piperidine rings is 1. The molecule has 4 heterocycles. The first-order chi connectivity index (χ1) is 17.6. The molecule has 3 aliphatic heterocycles. The van der Waals surface area contributed by atoms with Gasteiger partial charge in [0.25, 0.3) is 5.92 Å². The molecule has 0 saturated carbocycles. The zero-order valence-electron chi connectivity index (χ0n) is 20.5. The van der Waals surface area contributed by atoms with Crippen LogP contribution in [0, 0.1) is 18.7 Å². The monoisotopic (exact) mass is 556 g/mol. The van der Waals surface area contributed by atoms with Crippen molar-refractivity contribution in [2.75, 3.05) is 26.7 Å². The van der Waals surface area contributed by atoms with Crippen molar-refractivity contribution in [2.24, 2.45) is 5.92 Å². The van der Waals surface area contributed by atoms with E-state index < -0.39 is 41.2 Å². The fourth-order valence-corrected chi connectivity index (χ4v) is 7.17. The number of ether oxygens (including phenoxy) is 2. The molecule has 1 N–H and O–H groups in total. The van der Waals surface area contributed by atoms with Crippen molar-refractivity contribution in [3.63, 3.8) is 0 Å². The molecule has 37 heavy (non-hydrogen) atoms. The lowest BCUT2D eigenvalue weighted by molar-refractivity contribution is -0.215. The molecule has 0 aliphatic carbocycles. The number of carbonyl (C=O) groups excluding carboxylic acids is 1. The van der Waals surface area contributed by atoms with Crippen LogP contribution >= 0.6 is 23.4 Å². The lowest BCUT2D eigenvalue weighted by Gasteiger charge is -2.51. The maximum atomic E-state index is 14.8. The summed E-state index contributed by atoms with van der Waals surface area (Å²) in [6, 6.07) is 4.58. The Labute approximate surface area is 222 Å². The average molecular weight is 557 g/mol. The second-order valence-corrected chi connectivity index (χ2v) is 11.5. The Kier molecular flexibility index (Phi) is 7.25. The molecule has 1 amide bonds. The lowest BCUT2D eigenvalue weighted by Crippen LogP contribution is -2.61. The molecule has 12 heteroatoms. The van der Waals surface area contributed by atoms with E-state index in [0.29, 0.717) is 42.4 Å². The van der Waals surface area contributed by atoms with Crippen molar-refractivity contribution in [1.82, 2.24) is 20.0 Å². The van der Waals surface area contributed by atoms with Gasteiger partial charge < -0.3 is 14.8 Å². The highest BCUT2D eigenvalue weighted by atomic mass is 35.5. The van der Waals surface area contributed by atoms with Crippen LogP contribution in [0.15, 0.2) is 34.8 Å². The van der Waals surface area contributed by atoms with E-state index in [2.05, 4.69) is 15.3 Å². The van der Waals surface area contributed by atoms with Gasteiger partial charge in [-0.1, -0.05) is 23.7 Å². The van der Waals surface area contributed by atoms with Gasteiger partial charge in [0.15, 0.2) is 0 Å². The molecule has 1 aromatic heterocycles. The zero-order chi connectivity index (χ0) is 26.4. The number of alkyl halides is 2. The largest absolute Gasteiger partial charge is 0.445 e. The quantitative estimate of drug-likeness (QED) is 0.560. The summed E-state index contributed by atoms with van der Waals surface area (Å²) < 4.78 is 56.6. The van der Waals surface area contributed by atoms with Crippen LogP contribution in [0.2, 0.25) is 0 Å². The zero-order valence-corrected chi connectivity index (χ0v) is 22.1. The lowest BCUT2D eigenvalue weighted by atomic mass is 9.77. The maximum absolute atomic E-state index is 14.8. The number of para-hydroxylation sites is 1. The Morgan fingerprint density at radius 2 is 2.08 bits per heavy atom. The number of allylic oxidation sites excluding steroid dienone is 1. The molecular formula is C25H28ClF3N4O3S. The van der Waals surface area contributed by atoms with Gasteiger partial charge in [0, 0.05) is 44.0 Å². The Bertz CT molecular complexity index is 1220. The number of halogens is 4. The fourth-order valence-electron chi connectivity index (χ4n) is 5.33. The minimum Gasteiger partial charge on any atom is -0.445 e. The highest BCUT2D eigenvalue weighted by Crippen LogP contribution is 2.56. The predicted molar refractivity (Wildman–Crippen MR) is 134 cm³/mol. The van der Waals surface area contributed by atoms with E-state index in [1.54, 1.807) is 18.3 Å². The third-order valence-electron chi connectivity index (χ3n) is 7.39. The van der Waals surface area contributed by atoms with Crippen LogP contribution in [0.25, 0.3) is 5.69 Å². The third-order valence-corrected chi connectivity index (χ3v) is 9.13. The van der Waals surface area contributed by atoms with Crippen molar-refractivity contribution in [3.05, 3.63) is 57.5 Å². The van der Waals surface area contributed by atoms with Gasteiger partial charge in [0.05, 0.1) is 26.8 Å².